The summed E-state index contributed by atoms with van der Waals surface area (Å²) >= 11 is 0. The summed E-state index contributed by atoms with van der Waals surface area (Å²) in [5.41, 5.74) is -0.203. The smallest absolute Gasteiger partial charge is 0.332 e. The highest BCUT2D eigenvalue weighted by molar-refractivity contribution is 5.88. The number of allylic oxidation sites excluding steroid dienone is 3. The number of hydrogen-bond acceptors (Lipinski definition) is 4. The zero-order chi connectivity index (χ0) is 20.1. The molecule has 0 aliphatic carbocycles. The lowest BCUT2D eigenvalue weighted by Gasteiger charge is -2.46. The fourth-order valence-corrected chi connectivity index (χ4v) is 3.77. The number of para-hydroxylation sites is 1. The van der Waals surface area contributed by atoms with Crippen LogP contribution in [0, 0.1) is 5.92 Å². The number of rotatable bonds is 8. The molecule has 0 bridgehead atoms. The number of hydrogen-bond donors (Lipinski definition) is 3. The molecule has 0 radical (unpaired) electrons. The average Bonchev–Trinajstić information content (AvgIpc) is 2.58. The van der Waals surface area contributed by atoms with E-state index in [2.05, 4.69) is 6.92 Å². The van der Waals surface area contributed by atoms with Gasteiger partial charge >= 0.3 is 11.9 Å². The van der Waals surface area contributed by atoms with Crippen LogP contribution in [0.25, 0.3) is 0 Å². The molecule has 1 unspecified atom stereocenters. The lowest BCUT2D eigenvalue weighted by molar-refractivity contribution is -0.332. The van der Waals surface area contributed by atoms with E-state index < -0.39 is 23.3 Å². The number of carboxylic acids is 1. The Morgan fingerprint density at radius 3 is 2.56 bits per heavy atom. The molecule has 0 saturated carbocycles. The molecule has 1 aromatic rings. The van der Waals surface area contributed by atoms with Crippen molar-refractivity contribution in [3.8, 4) is 5.75 Å². The van der Waals surface area contributed by atoms with Crippen LogP contribution >= 0.6 is 0 Å². The predicted octanol–water partition coefficient (Wildman–Crippen LogP) is 4.15. The maximum atomic E-state index is 11.9. The Morgan fingerprint density at radius 1 is 1.19 bits per heavy atom. The first-order valence-corrected chi connectivity index (χ1v) is 9.55. The maximum absolute atomic E-state index is 11.9. The standard InChI is InChI=1S/C22H30O5/c1-4-5-6-7-8-9-10-13-16(20(23)24)19-21(2,3)17-14-11-12-15-18(17)27-22(19,25)26/h9-15,19,25-26H,4-8H2,1-3H3,(H,23,24). The average molecular weight is 374 g/mol. The Balaban J connectivity index is 2.31. The van der Waals surface area contributed by atoms with Crippen molar-refractivity contribution in [1.82, 2.24) is 0 Å². The van der Waals surface area contributed by atoms with Gasteiger partial charge in [-0.15, -0.1) is 0 Å². The highest BCUT2D eigenvalue weighted by Crippen LogP contribution is 2.49. The number of carboxylic acid groups (broad SMARTS) is 1. The zero-order valence-electron chi connectivity index (χ0n) is 16.3. The fraction of sp³-hybridized carbons (Fsp3) is 0.500. The van der Waals surface area contributed by atoms with E-state index in [4.69, 9.17) is 4.74 Å². The summed E-state index contributed by atoms with van der Waals surface area (Å²) < 4.78 is 5.35. The van der Waals surface area contributed by atoms with Gasteiger partial charge in [-0.1, -0.05) is 76.5 Å². The minimum atomic E-state index is -2.61. The lowest BCUT2D eigenvalue weighted by atomic mass is 9.67. The second-order valence-corrected chi connectivity index (χ2v) is 7.62. The minimum Gasteiger partial charge on any atom is -0.478 e. The fourth-order valence-electron chi connectivity index (χ4n) is 3.77. The number of carbonyl (C=O) groups is 1. The summed E-state index contributed by atoms with van der Waals surface area (Å²) in [6.07, 6.45) is 10.5. The van der Waals surface area contributed by atoms with Gasteiger partial charge in [0.25, 0.3) is 0 Å². The van der Waals surface area contributed by atoms with Crippen molar-refractivity contribution in [2.75, 3.05) is 0 Å². The first-order valence-electron chi connectivity index (χ1n) is 9.55. The molecule has 0 fully saturated rings. The van der Waals surface area contributed by atoms with E-state index in [-0.39, 0.29) is 5.57 Å². The molecule has 1 heterocycles. The Kier molecular flexibility index (Phi) is 6.84. The zero-order valence-corrected chi connectivity index (χ0v) is 16.3. The molecule has 0 aromatic heterocycles. The third kappa shape index (κ3) is 4.79. The predicted molar refractivity (Wildman–Crippen MR) is 104 cm³/mol. The van der Waals surface area contributed by atoms with Crippen molar-refractivity contribution >= 4 is 5.97 Å². The largest absolute Gasteiger partial charge is 0.478 e. The van der Waals surface area contributed by atoms with Crippen LogP contribution in [0.1, 0.15) is 58.4 Å². The summed E-state index contributed by atoms with van der Waals surface area (Å²) in [5, 5.41) is 30.8. The van der Waals surface area contributed by atoms with Crippen molar-refractivity contribution < 1.29 is 24.9 Å². The molecule has 1 aliphatic heterocycles. The highest BCUT2D eigenvalue weighted by atomic mass is 16.8. The van der Waals surface area contributed by atoms with Gasteiger partial charge in [-0.05, 0) is 18.9 Å². The summed E-state index contributed by atoms with van der Waals surface area (Å²) in [7, 11) is 0. The molecule has 5 heteroatoms. The monoisotopic (exact) mass is 374 g/mol. The van der Waals surface area contributed by atoms with Crippen molar-refractivity contribution in [2.45, 2.75) is 64.3 Å². The van der Waals surface area contributed by atoms with Crippen LogP contribution in [0.5, 0.6) is 5.75 Å². The number of aliphatic hydroxyl groups is 2. The molecule has 0 amide bonds. The Labute approximate surface area is 161 Å². The van der Waals surface area contributed by atoms with Crippen LogP contribution in [0.2, 0.25) is 0 Å². The van der Waals surface area contributed by atoms with Crippen molar-refractivity contribution in [3.63, 3.8) is 0 Å². The molecule has 27 heavy (non-hydrogen) atoms. The van der Waals surface area contributed by atoms with E-state index >= 15 is 0 Å². The van der Waals surface area contributed by atoms with Crippen LogP contribution in [0.15, 0.2) is 48.1 Å². The van der Waals surface area contributed by atoms with Gasteiger partial charge in [-0.3, -0.25) is 0 Å². The van der Waals surface area contributed by atoms with Crippen LogP contribution in [0.3, 0.4) is 0 Å². The quantitative estimate of drug-likeness (QED) is 0.275. The third-order valence-electron chi connectivity index (χ3n) is 5.13. The SMILES string of the molecule is CCCCCCC=CC=C(C(=O)O)C1C(O)(O)Oc2ccccc2C1(C)C. The van der Waals surface area contributed by atoms with E-state index in [1.165, 1.54) is 18.9 Å². The molecule has 5 nitrogen and oxygen atoms in total. The van der Waals surface area contributed by atoms with E-state index in [0.29, 0.717) is 5.75 Å². The van der Waals surface area contributed by atoms with Gasteiger partial charge in [0.2, 0.25) is 0 Å². The van der Waals surface area contributed by atoms with Crippen molar-refractivity contribution in [3.05, 3.63) is 53.6 Å². The van der Waals surface area contributed by atoms with Gasteiger partial charge < -0.3 is 20.1 Å². The maximum Gasteiger partial charge on any atom is 0.332 e. The number of benzene rings is 1. The molecule has 0 saturated heterocycles. The van der Waals surface area contributed by atoms with E-state index in [0.717, 1.165) is 24.8 Å². The normalized spacial score (nSPS) is 20.9. The highest BCUT2D eigenvalue weighted by Gasteiger charge is 2.55. The number of ether oxygens (including phenoxy) is 1. The molecule has 1 atom stereocenters. The molecular formula is C22H30O5. The number of unbranched alkanes of at least 4 members (excludes halogenated alkanes) is 4. The van der Waals surface area contributed by atoms with Crippen molar-refractivity contribution in [2.24, 2.45) is 5.92 Å². The van der Waals surface area contributed by atoms with E-state index in [1.54, 1.807) is 32.1 Å². The Hall–Kier alpha value is -2.11. The number of fused-ring (bicyclic) bond motifs is 1. The summed E-state index contributed by atoms with van der Waals surface area (Å²) in [4.78, 5) is 11.9. The van der Waals surface area contributed by atoms with Crippen LogP contribution in [-0.4, -0.2) is 27.3 Å². The Bertz CT molecular complexity index is 715. The van der Waals surface area contributed by atoms with Gasteiger partial charge in [-0.2, -0.15) is 0 Å². The lowest BCUT2D eigenvalue weighted by Crippen LogP contribution is -2.56. The third-order valence-corrected chi connectivity index (χ3v) is 5.13. The summed E-state index contributed by atoms with van der Waals surface area (Å²) in [6.45, 7) is 5.75. The second-order valence-electron chi connectivity index (χ2n) is 7.62. The first kappa shape index (κ1) is 21.2. The Morgan fingerprint density at radius 2 is 1.89 bits per heavy atom. The van der Waals surface area contributed by atoms with Crippen LogP contribution in [-0.2, 0) is 10.2 Å². The number of aliphatic carboxylic acids is 1. The molecular weight excluding hydrogens is 344 g/mol. The van der Waals surface area contributed by atoms with Gasteiger partial charge in [0, 0.05) is 11.0 Å². The van der Waals surface area contributed by atoms with Gasteiger partial charge in [0.05, 0.1) is 11.5 Å². The van der Waals surface area contributed by atoms with Gasteiger partial charge in [0.15, 0.2) is 0 Å². The second kappa shape index (κ2) is 8.72. The summed E-state index contributed by atoms with van der Waals surface area (Å²) in [6, 6.07) is 7.03. The molecule has 3 N–H and O–H groups in total. The summed E-state index contributed by atoms with van der Waals surface area (Å²) in [5.74, 6) is -4.61. The molecule has 1 aromatic carbocycles. The molecule has 148 valence electrons. The molecule has 1 aliphatic rings. The van der Waals surface area contributed by atoms with E-state index in [1.807, 2.05) is 18.2 Å². The van der Waals surface area contributed by atoms with Crippen LogP contribution in [0.4, 0.5) is 0 Å². The van der Waals surface area contributed by atoms with E-state index in [9.17, 15) is 20.1 Å². The first-order chi connectivity index (χ1) is 12.7. The minimum absolute atomic E-state index is 0.0932. The molecule has 0 spiro atoms. The van der Waals surface area contributed by atoms with Crippen LogP contribution < -0.4 is 4.74 Å². The van der Waals surface area contributed by atoms with Gasteiger partial charge in [0.1, 0.15) is 5.75 Å². The van der Waals surface area contributed by atoms with Gasteiger partial charge in [-0.25, -0.2) is 4.79 Å². The van der Waals surface area contributed by atoms with Crippen molar-refractivity contribution in [1.29, 1.82) is 0 Å². The topological polar surface area (TPSA) is 87.0 Å². The molecule has 2 rings (SSSR count).